The van der Waals surface area contributed by atoms with Gasteiger partial charge in [-0.2, -0.15) is 0 Å². The van der Waals surface area contributed by atoms with Crippen molar-refractivity contribution < 1.29 is 51.1 Å². The summed E-state index contributed by atoms with van der Waals surface area (Å²) in [7, 11) is 0. The fourth-order valence-electron chi connectivity index (χ4n) is 5.64. The molecule has 72 heavy (non-hydrogen) atoms. The fraction of sp³-hybridized carbons (Fsp3) is 0.600. The average molecular weight is 1010 g/mol. The zero-order valence-corrected chi connectivity index (χ0v) is 46.5. The van der Waals surface area contributed by atoms with Gasteiger partial charge in [-0.1, -0.05) is 189 Å². The molecule has 0 aliphatic rings. The van der Waals surface area contributed by atoms with E-state index in [1.54, 1.807) is 0 Å². The molecular weight excluding hydrogens is 905 g/mol. The largest absolute Gasteiger partial charge is 0.550 e. The molecule has 0 aromatic carbocycles. The second kappa shape index (κ2) is 75.1. The van der Waals surface area contributed by atoms with E-state index in [0.717, 1.165) is 154 Å². The van der Waals surface area contributed by atoms with Crippen molar-refractivity contribution in [1.82, 2.24) is 0 Å². The molecule has 0 aromatic rings. The molecule has 0 radical (unpaired) electrons. The maximum Gasteiger partial charge on any atom is 0.306 e. The van der Waals surface area contributed by atoms with Gasteiger partial charge in [0, 0.05) is 31.9 Å². The number of carboxylic acids is 4. The lowest BCUT2D eigenvalue weighted by molar-refractivity contribution is -0.453. The predicted octanol–water partition coefficient (Wildman–Crippen LogP) is 11.6. The Morgan fingerprint density at radius 2 is 0.653 bits per heavy atom. The molecule has 0 saturated carbocycles. The van der Waals surface area contributed by atoms with E-state index in [1.807, 2.05) is 27.7 Å². The predicted molar refractivity (Wildman–Crippen MR) is 305 cm³/mol. The number of quaternary nitrogens is 2. The van der Waals surface area contributed by atoms with Crippen molar-refractivity contribution in [2.24, 2.45) is 23.3 Å². The Hall–Kier alpha value is -4.88. The van der Waals surface area contributed by atoms with Gasteiger partial charge in [0.2, 0.25) is 0 Å². The molecule has 0 amide bonds. The minimum Gasteiger partial charge on any atom is -0.550 e. The van der Waals surface area contributed by atoms with E-state index in [9.17, 15) is 24.3 Å². The maximum atomic E-state index is 10.5. The normalized spacial score (nSPS) is 11.5. The molecule has 0 aromatic heterocycles. The van der Waals surface area contributed by atoms with E-state index in [1.165, 1.54) is 0 Å². The van der Waals surface area contributed by atoms with Crippen LogP contribution in [0.3, 0.4) is 0 Å². The van der Waals surface area contributed by atoms with Gasteiger partial charge in [-0.25, -0.2) is 0 Å². The molecule has 0 aliphatic carbocycles. The lowest BCUT2D eigenvalue weighted by Crippen LogP contribution is -2.64. The summed E-state index contributed by atoms with van der Waals surface area (Å²) in [6, 6.07) is 0. The van der Waals surface area contributed by atoms with Crippen LogP contribution in [0, 0.1) is 11.8 Å². The Morgan fingerprint density at radius 1 is 0.417 bits per heavy atom. The highest BCUT2D eigenvalue weighted by Crippen LogP contribution is 2.13. The van der Waals surface area contributed by atoms with Crippen LogP contribution in [-0.4, -0.2) is 65.4 Å². The van der Waals surface area contributed by atoms with Gasteiger partial charge in [0.15, 0.2) is 0 Å². The highest BCUT2D eigenvalue weighted by atomic mass is 16.4. The number of unbranched alkanes of at least 4 members (excludes halogenated alkanes) is 2. The summed E-state index contributed by atoms with van der Waals surface area (Å²) in [5.41, 5.74) is 16.9. The van der Waals surface area contributed by atoms with E-state index in [-0.39, 0.29) is 24.7 Å². The number of carbonyl (C=O) groups is 4. The van der Waals surface area contributed by atoms with E-state index < -0.39 is 23.9 Å². The number of carbonyl (C=O) groups excluding carboxylic acids is 1. The molecule has 0 unspecified atom stereocenters. The zero-order valence-electron chi connectivity index (χ0n) is 46.5. The van der Waals surface area contributed by atoms with Gasteiger partial charge in [-0.15, -0.1) is 0 Å². The quantitative estimate of drug-likeness (QED) is 0.0227. The van der Waals surface area contributed by atoms with Crippen LogP contribution in [0.4, 0.5) is 0 Å². The van der Waals surface area contributed by atoms with E-state index in [2.05, 4.69) is 147 Å². The van der Waals surface area contributed by atoms with E-state index >= 15 is 0 Å². The number of allylic oxidation sites excluding steroid dienone is 20. The van der Waals surface area contributed by atoms with Gasteiger partial charge in [-0.05, 0) is 121 Å². The molecule has 0 rings (SSSR count). The van der Waals surface area contributed by atoms with Crippen molar-refractivity contribution in [3.05, 3.63) is 122 Å². The third kappa shape index (κ3) is 88.1. The lowest BCUT2D eigenvalue weighted by Gasteiger charge is -2.15. The minimum atomic E-state index is -0.885. The first kappa shape index (κ1) is 78.6. The summed E-state index contributed by atoms with van der Waals surface area (Å²) < 4.78 is 0. The molecule has 0 bridgehead atoms. The summed E-state index contributed by atoms with van der Waals surface area (Å²) in [4.78, 5) is 41.5. The number of rotatable bonds is 38. The van der Waals surface area contributed by atoms with Crippen LogP contribution >= 0.6 is 0 Å². The number of hydrogen-bond acceptors (Lipinski definition) is 7. The van der Waals surface area contributed by atoms with E-state index in [4.69, 9.17) is 26.8 Å². The van der Waals surface area contributed by atoms with Gasteiger partial charge >= 0.3 is 17.9 Å². The second-order valence-electron chi connectivity index (χ2n) is 16.5. The topological polar surface area (TPSA) is 259 Å². The standard InChI is InChI=1S/2C20H30O2.2C8H16O2.2C2H8N2/c2*1-2-3-4-5-6-7-8-9-10-11-12-13-14-15-16-17-18-19-20(21)22;2*1-3-5-7(6-4-2)8(9)10;2*3-1-2-4/h2*3-4,6-7,9-10,12-13,15-16H,2,5,8,11,14,17-19H2,1H3,(H,21,22);2*7H,3-6H2,1-2H3,(H,9,10);2*1-4H2/p+1/b2*4-3-,7-6-,10-9-,13-12-,16-15-;;;;. The third-order valence-electron chi connectivity index (χ3n) is 9.49. The smallest absolute Gasteiger partial charge is 0.306 e. The Balaban J connectivity index is -0.000000201. The van der Waals surface area contributed by atoms with E-state index in [0.29, 0.717) is 13.1 Å². The van der Waals surface area contributed by atoms with Gasteiger partial charge in [0.25, 0.3) is 0 Å². The molecule has 0 heterocycles. The first-order chi connectivity index (χ1) is 34.8. The van der Waals surface area contributed by atoms with Crippen molar-refractivity contribution in [1.29, 1.82) is 0 Å². The molecule has 0 spiro atoms. The summed E-state index contributed by atoms with van der Waals surface area (Å²) in [6.45, 7) is 15.4. The molecule has 416 valence electrons. The minimum absolute atomic E-state index is 0.102. The summed E-state index contributed by atoms with van der Waals surface area (Å²) in [5.74, 6) is -3.27. The first-order valence-electron chi connectivity index (χ1n) is 27.2. The summed E-state index contributed by atoms with van der Waals surface area (Å²) >= 11 is 0. The monoisotopic (exact) mass is 1010 g/mol. The highest BCUT2D eigenvalue weighted by Gasteiger charge is 2.14. The first-order valence-corrected chi connectivity index (χ1v) is 27.2. The van der Waals surface area contributed by atoms with Crippen molar-refractivity contribution in [2.75, 3.05) is 26.2 Å². The molecule has 0 saturated heterocycles. The molecular formula is C60H109N4O8+. The number of carboxylic acid groups (broad SMARTS) is 4. The fourth-order valence-corrected chi connectivity index (χ4v) is 5.64. The van der Waals surface area contributed by atoms with Gasteiger partial charge in [0.1, 0.15) is 13.1 Å². The maximum absolute atomic E-state index is 10.5. The Labute approximate surface area is 440 Å². The Kier molecular flexibility index (Phi) is 81.9. The van der Waals surface area contributed by atoms with Crippen LogP contribution in [0.5, 0.6) is 0 Å². The third-order valence-corrected chi connectivity index (χ3v) is 9.49. The van der Waals surface area contributed by atoms with Crippen molar-refractivity contribution in [3.63, 3.8) is 0 Å². The van der Waals surface area contributed by atoms with Crippen LogP contribution < -0.4 is 28.0 Å². The number of aliphatic carboxylic acids is 4. The molecule has 0 atom stereocenters. The number of hydrogen-bond donors (Lipinski definition) is 7. The van der Waals surface area contributed by atoms with Crippen LogP contribution in [0.25, 0.3) is 0 Å². The van der Waals surface area contributed by atoms with Gasteiger partial charge in [0.05, 0.1) is 5.92 Å². The van der Waals surface area contributed by atoms with Gasteiger partial charge < -0.3 is 48.2 Å². The van der Waals surface area contributed by atoms with Crippen molar-refractivity contribution in [2.45, 2.75) is 196 Å². The van der Waals surface area contributed by atoms with Crippen LogP contribution in [0.1, 0.15) is 196 Å². The van der Waals surface area contributed by atoms with Crippen LogP contribution in [0.15, 0.2) is 122 Å². The molecule has 0 aliphatic heterocycles. The Bertz CT molecular complexity index is 1340. The molecule has 12 nitrogen and oxygen atoms in total. The molecule has 13 N–H and O–H groups in total. The molecule has 0 fully saturated rings. The van der Waals surface area contributed by atoms with Crippen LogP contribution in [0.2, 0.25) is 0 Å². The zero-order chi connectivity index (χ0) is 55.4. The SMILES string of the molecule is CC/C=C\C/C=C\C/C=C\C/C=C\C/C=C\CCCC(=O)O.CC/C=C\C/C=C\C/C=C\C/C=C\C/C=C\CCCC(=O)O.CCCC(CCC)C(=O)O.CCCC(CCC)C(=O)[O-].NCCN.[NH3+]CC[NH3+]. The number of nitrogens with two attached hydrogens (primary N) is 2. The van der Waals surface area contributed by atoms with Gasteiger partial charge in [-0.3, -0.25) is 14.4 Å². The average Bonchev–Trinajstić information content (AvgIpc) is 3.36. The van der Waals surface area contributed by atoms with Crippen molar-refractivity contribution >= 4 is 23.9 Å². The molecule has 12 heteroatoms. The highest BCUT2D eigenvalue weighted by molar-refractivity contribution is 5.69. The van der Waals surface area contributed by atoms with Crippen molar-refractivity contribution in [3.8, 4) is 0 Å². The second-order valence-corrected chi connectivity index (χ2v) is 16.5. The summed E-state index contributed by atoms with van der Waals surface area (Å²) in [5, 5.41) is 36.0. The lowest BCUT2D eigenvalue weighted by atomic mass is 9.99. The Morgan fingerprint density at radius 3 is 0.833 bits per heavy atom. The van der Waals surface area contributed by atoms with Crippen LogP contribution in [-0.2, 0) is 19.2 Å². The summed E-state index contributed by atoms with van der Waals surface area (Å²) in [6.07, 6.45) is 63.8.